The molecule has 1 aliphatic rings. The van der Waals surface area contributed by atoms with Crippen LogP contribution < -0.4 is 10.2 Å². The van der Waals surface area contributed by atoms with Gasteiger partial charge in [-0.25, -0.2) is 9.78 Å². The Balaban J connectivity index is 0.000000454. The van der Waals surface area contributed by atoms with Crippen LogP contribution in [0, 0.1) is 0 Å². The molecule has 3 heterocycles. The summed E-state index contributed by atoms with van der Waals surface area (Å²) in [4.78, 5) is 15.6. The van der Waals surface area contributed by atoms with Gasteiger partial charge in [0.1, 0.15) is 11.4 Å². The molecule has 0 spiro atoms. The molecule has 10 nitrogen and oxygen atoms in total. The van der Waals surface area contributed by atoms with Gasteiger partial charge in [-0.1, -0.05) is 19.9 Å². The minimum absolute atomic E-state index is 0.0522. The van der Waals surface area contributed by atoms with Gasteiger partial charge < -0.3 is 20.4 Å². The Kier molecular flexibility index (Phi) is 7.82. The number of alkyl halides is 3. The van der Waals surface area contributed by atoms with Gasteiger partial charge in [-0.05, 0) is 31.0 Å². The molecule has 1 atom stereocenters. The molecule has 0 saturated carbocycles. The summed E-state index contributed by atoms with van der Waals surface area (Å²) >= 11 is 0. The first-order chi connectivity index (χ1) is 16.8. The first-order valence-electron chi connectivity index (χ1n) is 11.1. The Bertz CT molecular complexity index is 1200. The molecule has 3 N–H and O–H groups in total. The van der Waals surface area contributed by atoms with Gasteiger partial charge in [0, 0.05) is 49.0 Å². The number of carboxylic acids is 1. The number of aromatic nitrogens is 5. The lowest BCUT2D eigenvalue weighted by Crippen LogP contribution is -2.48. The smallest absolute Gasteiger partial charge is 0.490 e. The number of aryl methyl sites for hydroxylation is 1. The van der Waals surface area contributed by atoms with Crippen molar-refractivity contribution >= 4 is 11.9 Å². The lowest BCUT2D eigenvalue weighted by molar-refractivity contribution is -0.192. The second kappa shape index (κ2) is 10.5. The van der Waals surface area contributed by atoms with Gasteiger partial charge in [0.2, 0.25) is 5.95 Å². The quantitative estimate of drug-likeness (QED) is 0.477. The molecule has 2 aromatic heterocycles. The lowest BCUT2D eigenvalue weighted by atomic mass is 10.0. The summed E-state index contributed by atoms with van der Waals surface area (Å²) in [7, 11) is 1.86. The van der Waals surface area contributed by atoms with E-state index in [2.05, 4.69) is 51.3 Å². The van der Waals surface area contributed by atoms with Crippen molar-refractivity contribution in [3.05, 3.63) is 36.8 Å². The summed E-state index contributed by atoms with van der Waals surface area (Å²) in [6.45, 7) is 8.29. The third-order valence-corrected chi connectivity index (χ3v) is 5.50. The van der Waals surface area contributed by atoms with Gasteiger partial charge in [0.05, 0.1) is 12.4 Å². The fraction of sp³-hybridized carbons (Fsp3) is 0.435. The number of carboxylic acid groups (broad SMARTS) is 1. The standard InChI is InChI=1S/C21H27N7O.C2HF3O2/c1-14(2)24-21(3)7-8-28(13-21)20-22-11-18(25-26-20)17-6-5-15(9-19(17)29)16-10-23-27(4)12-16;3-2(4,5)1(6)7/h5-6,9-12,14,24,29H,7-8,13H2,1-4H3;(H,6,7). The molecule has 13 heteroatoms. The molecule has 0 radical (unpaired) electrons. The van der Waals surface area contributed by atoms with Crippen LogP contribution in [0.4, 0.5) is 19.1 Å². The molecular formula is C23H28F3N7O3. The van der Waals surface area contributed by atoms with Gasteiger partial charge in [-0.3, -0.25) is 4.68 Å². The number of halogens is 3. The second-order valence-electron chi connectivity index (χ2n) is 9.11. The Labute approximate surface area is 205 Å². The van der Waals surface area contributed by atoms with Crippen molar-refractivity contribution < 1.29 is 28.2 Å². The van der Waals surface area contributed by atoms with E-state index < -0.39 is 12.1 Å². The highest BCUT2D eigenvalue weighted by molar-refractivity contribution is 5.73. The summed E-state index contributed by atoms with van der Waals surface area (Å²) in [6, 6.07) is 5.91. The zero-order valence-electron chi connectivity index (χ0n) is 20.3. The van der Waals surface area contributed by atoms with Gasteiger partial charge in [-0.15, -0.1) is 10.2 Å². The van der Waals surface area contributed by atoms with Crippen LogP contribution in [0.1, 0.15) is 27.2 Å². The van der Waals surface area contributed by atoms with Crippen molar-refractivity contribution in [3.8, 4) is 28.1 Å². The minimum Gasteiger partial charge on any atom is -0.507 e. The highest BCUT2D eigenvalue weighted by Gasteiger charge is 2.38. The molecule has 1 saturated heterocycles. The normalized spacial score (nSPS) is 17.7. The summed E-state index contributed by atoms with van der Waals surface area (Å²) in [5, 5.41) is 34.1. The molecule has 0 aliphatic carbocycles. The number of phenolic OH excluding ortho intramolecular Hbond substituents is 1. The van der Waals surface area contributed by atoms with E-state index in [1.807, 2.05) is 25.4 Å². The lowest BCUT2D eigenvalue weighted by Gasteiger charge is -2.28. The predicted octanol–water partition coefficient (Wildman–Crippen LogP) is 3.24. The van der Waals surface area contributed by atoms with Crippen LogP contribution in [0.2, 0.25) is 0 Å². The maximum atomic E-state index is 10.6. The van der Waals surface area contributed by atoms with E-state index in [0.717, 1.165) is 30.6 Å². The van der Waals surface area contributed by atoms with Crippen LogP contribution in [0.15, 0.2) is 36.8 Å². The highest BCUT2D eigenvalue weighted by Crippen LogP contribution is 2.32. The summed E-state index contributed by atoms with van der Waals surface area (Å²) in [5.41, 5.74) is 3.05. The molecule has 3 aromatic rings. The van der Waals surface area contributed by atoms with E-state index in [9.17, 15) is 18.3 Å². The fourth-order valence-electron chi connectivity index (χ4n) is 3.98. The topological polar surface area (TPSA) is 129 Å². The summed E-state index contributed by atoms with van der Waals surface area (Å²) < 4.78 is 33.5. The molecule has 1 aliphatic heterocycles. The van der Waals surface area contributed by atoms with Crippen molar-refractivity contribution in [3.63, 3.8) is 0 Å². The predicted molar refractivity (Wildman–Crippen MR) is 126 cm³/mol. The molecule has 4 rings (SSSR count). The zero-order valence-corrected chi connectivity index (χ0v) is 20.3. The third kappa shape index (κ3) is 6.68. The maximum absolute atomic E-state index is 10.6. The molecule has 1 fully saturated rings. The molecule has 1 unspecified atom stereocenters. The summed E-state index contributed by atoms with van der Waals surface area (Å²) in [5.74, 6) is -1.99. The van der Waals surface area contributed by atoms with Crippen LogP contribution in [-0.4, -0.2) is 72.0 Å². The highest BCUT2D eigenvalue weighted by atomic mass is 19.4. The number of anilines is 1. The van der Waals surface area contributed by atoms with Gasteiger partial charge in [0.25, 0.3) is 0 Å². The Morgan fingerprint density at radius 1 is 1.19 bits per heavy atom. The number of carbonyl (C=O) groups is 1. The maximum Gasteiger partial charge on any atom is 0.490 e. The first kappa shape index (κ1) is 26.9. The number of phenols is 1. The van der Waals surface area contributed by atoms with Gasteiger partial charge in [-0.2, -0.15) is 18.3 Å². The number of rotatable bonds is 5. The molecule has 0 amide bonds. The average molecular weight is 508 g/mol. The molecular weight excluding hydrogens is 479 g/mol. The van der Waals surface area contributed by atoms with Crippen LogP contribution in [0.3, 0.4) is 0 Å². The van der Waals surface area contributed by atoms with Crippen LogP contribution in [-0.2, 0) is 11.8 Å². The third-order valence-electron chi connectivity index (χ3n) is 5.50. The van der Waals surface area contributed by atoms with Crippen molar-refractivity contribution in [1.82, 2.24) is 30.3 Å². The van der Waals surface area contributed by atoms with Crippen LogP contribution >= 0.6 is 0 Å². The van der Waals surface area contributed by atoms with E-state index in [4.69, 9.17) is 9.90 Å². The van der Waals surface area contributed by atoms with Crippen LogP contribution in [0.25, 0.3) is 22.4 Å². The number of hydrogen-bond acceptors (Lipinski definition) is 8. The van der Waals surface area contributed by atoms with Gasteiger partial charge >= 0.3 is 12.1 Å². The SMILES string of the molecule is CC(C)NC1(C)CCN(c2ncc(-c3ccc(-c4cnn(C)c4)cc3O)nn2)C1.O=C(O)C(F)(F)F. The van der Waals surface area contributed by atoms with Crippen LogP contribution in [0.5, 0.6) is 5.75 Å². The first-order valence-corrected chi connectivity index (χ1v) is 11.1. The van der Waals surface area contributed by atoms with E-state index >= 15 is 0 Å². The van der Waals surface area contributed by atoms with Crippen molar-refractivity contribution in [2.24, 2.45) is 7.05 Å². The van der Waals surface area contributed by atoms with Crippen molar-refractivity contribution in [2.75, 3.05) is 18.0 Å². The molecule has 194 valence electrons. The van der Waals surface area contributed by atoms with E-state index in [-0.39, 0.29) is 11.3 Å². The number of aromatic hydroxyl groups is 1. The van der Waals surface area contributed by atoms with E-state index in [1.54, 1.807) is 23.1 Å². The largest absolute Gasteiger partial charge is 0.507 e. The second-order valence-corrected chi connectivity index (χ2v) is 9.11. The number of nitrogens with zero attached hydrogens (tertiary/aromatic N) is 6. The Morgan fingerprint density at radius 3 is 2.39 bits per heavy atom. The molecule has 1 aromatic carbocycles. The zero-order chi connectivity index (χ0) is 26.7. The fourth-order valence-corrected chi connectivity index (χ4v) is 3.98. The number of hydrogen-bond donors (Lipinski definition) is 3. The monoisotopic (exact) mass is 507 g/mol. The van der Waals surface area contributed by atoms with Crippen molar-refractivity contribution in [1.29, 1.82) is 0 Å². The minimum atomic E-state index is -5.08. The molecule has 36 heavy (non-hydrogen) atoms. The number of benzene rings is 1. The average Bonchev–Trinajstić information content (AvgIpc) is 3.39. The van der Waals surface area contributed by atoms with E-state index in [0.29, 0.717) is 23.2 Å². The number of nitrogens with one attached hydrogen (secondary N) is 1. The Morgan fingerprint density at radius 2 is 1.89 bits per heavy atom. The Hall–Kier alpha value is -3.74. The van der Waals surface area contributed by atoms with Gasteiger partial charge in [0.15, 0.2) is 0 Å². The number of aliphatic carboxylic acids is 1. The molecule has 0 bridgehead atoms. The van der Waals surface area contributed by atoms with E-state index in [1.165, 1.54) is 0 Å². The summed E-state index contributed by atoms with van der Waals surface area (Å²) in [6.07, 6.45) is 1.30. The van der Waals surface area contributed by atoms with Crippen molar-refractivity contribution in [2.45, 2.75) is 44.9 Å².